The van der Waals surface area contributed by atoms with Crippen molar-refractivity contribution in [3.63, 3.8) is 0 Å². The van der Waals surface area contributed by atoms with Crippen molar-refractivity contribution >= 4 is 24.1 Å². The van der Waals surface area contributed by atoms with Gasteiger partial charge in [-0.25, -0.2) is 9.59 Å². The molecule has 0 aliphatic carbocycles. The lowest BCUT2D eigenvalue weighted by molar-refractivity contribution is -0.133. The monoisotopic (exact) mass is 302 g/mol. The first kappa shape index (κ1) is 21.4. The van der Waals surface area contributed by atoms with E-state index in [1.165, 1.54) is 13.8 Å². The van der Waals surface area contributed by atoms with Crippen LogP contribution in [-0.2, 0) is 9.59 Å². The van der Waals surface area contributed by atoms with Crippen LogP contribution in [-0.4, -0.2) is 22.2 Å². The smallest absolute Gasteiger partial charge is 0.330 e. The number of carboxylic acid groups (broad SMARTS) is 2. The highest BCUT2D eigenvalue weighted by atomic mass is 16.4. The van der Waals surface area contributed by atoms with Gasteiger partial charge in [0.1, 0.15) is 0 Å². The van der Waals surface area contributed by atoms with Gasteiger partial charge in [-0.05, 0) is 25.0 Å². The maximum atomic E-state index is 9.60. The summed E-state index contributed by atoms with van der Waals surface area (Å²) in [6.45, 7) is 16.6. The molecule has 0 saturated carbocycles. The van der Waals surface area contributed by atoms with Crippen LogP contribution in [0.1, 0.15) is 25.0 Å². The first-order valence-electron chi connectivity index (χ1n) is 6.28. The summed E-state index contributed by atoms with van der Waals surface area (Å²) in [6, 6.07) is 8.02. The molecule has 118 valence electrons. The van der Waals surface area contributed by atoms with Gasteiger partial charge in [0, 0.05) is 11.1 Å². The van der Waals surface area contributed by atoms with E-state index < -0.39 is 11.9 Å². The number of hydrogen-bond donors (Lipinski definition) is 2. The SMILES string of the molecule is C=C(C)C(=O)O.C=C(C)C(=O)O.C=Cc1ccccc1C=C. The molecule has 0 aliphatic rings. The van der Waals surface area contributed by atoms with Gasteiger partial charge in [0.05, 0.1) is 0 Å². The Morgan fingerprint density at radius 3 is 1.23 bits per heavy atom. The first-order chi connectivity index (χ1) is 10.2. The zero-order valence-corrected chi connectivity index (χ0v) is 13.0. The van der Waals surface area contributed by atoms with Gasteiger partial charge in [0.25, 0.3) is 0 Å². The lowest BCUT2D eigenvalue weighted by Crippen LogP contribution is -1.92. The lowest BCUT2D eigenvalue weighted by atomic mass is 10.1. The maximum absolute atomic E-state index is 9.60. The van der Waals surface area contributed by atoms with Gasteiger partial charge in [0.2, 0.25) is 0 Å². The van der Waals surface area contributed by atoms with E-state index in [0.29, 0.717) is 0 Å². The van der Waals surface area contributed by atoms with Crippen LogP contribution in [0.4, 0.5) is 0 Å². The molecular weight excluding hydrogens is 280 g/mol. The standard InChI is InChI=1S/C10H10.2C4H6O2/c1-3-9-7-5-6-8-10(9)4-2;2*1-3(2)4(5)6/h3-8H,1-2H2;2*1H2,2H3,(H,5,6). The fourth-order valence-corrected chi connectivity index (χ4v) is 0.883. The van der Waals surface area contributed by atoms with Crippen LogP contribution in [0.2, 0.25) is 0 Å². The van der Waals surface area contributed by atoms with Gasteiger partial charge >= 0.3 is 11.9 Å². The van der Waals surface area contributed by atoms with Crippen molar-refractivity contribution in [1.29, 1.82) is 0 Å². The van der Waals surface area contributed by atoms with E-state index in [-0.39, 0.29) is 11.1 Å². The largest absolute Gasteiger partial charge is 0.478 e. The molecule has 0 unspecified atom stereocenters. The van der Waals surface area contributed by atoms with Crippen molar-refractivity contribution in [3.8, 4) is 0 Å². The molecule has 0 saturated heterocycles. The third-order valence-electron chi connectivity index (χ3n) is 2.17. The average Bonchev–Trinajstić information content (AvgIpc) is 2.48. The van der Waals surface area contributed by atoms with E-state index in [0.717, 1.165) is 11.1 Å². The Morgan fingerprint density at radius 2 is 1.09 bits per heavy atom. The molecule has 0 atom stereocenters. The molecule has 0 fully saturated rings. The molecule has 0 bridgehead atoms. The number of rotatable bonds is 4. The van der Waals surface area contributed by atoms with Gasteiger partial charge in [-0.3, -0.25) is 0 Å². The van der Waals surface area contributed by atoms with Crippen LogP contribution in [0.3, 0.4) is 0 Å². The third kappa shape index (κ3) is 11.0. The second kappa shape index (κ2) is 11.9. The quantitative estimate of drug-likeness (QED) is 0.815. The lowest BCUT2D eigenvalue weighted by Gasteiger charge is -1.96. The number of hydrogen-bond acceptors (Lipinski definition) is 2. The predicted molar refractivity (Wildman–Crippen MR) is 91.5 cm³/mol. The second-order valence-corrected chi connectivity index (χ2v) is 4.21. The maximum Gasteiger partial charge on any atom is 0.330 e. The molecule has 22 heavy (non-hydrogen) atoms. The molecule has 0 radical (unpaired) electrons. The Kier molecular flexibility index (Phi) is 11.6. The average molecular weight is 302 g/mol. The van der Waals surface area contributed by atoms with Gasteiger partial charge in [-0.2, -0.15) is 0 Å². The molecule has 0 aromatic heterocycles. The molecule has 4 heteroatoms. The summed E-state index contributed by atoms with van der Waals surface area (Å²) in [4.78, 5) is 19.2. The number of carboxylic acids is 2. The van der Waals surface area contributed by atoms with Crippen molar-refractivity contribution in [2.45, 2.75) is 13.8 Å². The molecule has 0 spiro atoms. The molecule has 4 nitrogen and oxygen atoms in total. The number of benzene rings is 1. The molecule has 1 aromatic carbocycles. The molecular formula is C18H22O4. The molecule has 0 amide bonds. The van der Waals surface area contributed by atoms with E-state index in [2.05, 4.69) is 26.3 Å². The minimum Gasteiger partial charge on any atom is -0.478 e. The fraction of sp³-hybridized carbons (Fsp3) is 0.111. The van der Waals surface area contributed by atoms with Gasteiger partial charge in [-0.1, -0.05) is 62.7 Å². The first-order valence-corrected chi connectivity index (χ1v) is 6.28. The van der Waals surface area contributed by atoms with Gasteiger partial charge in [0.15, 0.2) is 0 Å². The van der Waals surface area contributed by atoms with E-state index in [9.17, 15) is 9.59 Å². The van der Waals surface area contributed by atoms with Crippen LogP contribution in [0.25, 0.3) is 12.2 Å². The van der Waals surface area contributed by atoms with Crippen LogP contribution >= 0.6 is 0 Å². The summed E-state index contributed by atoms with van der Waals surface area (Å²) in [5.74, 6) is -1.87. The van der Waals surface area contributed by atoms with E-state index >= 15 is 0 Å². The predicted octanol–water partition coefficient (Wildman–Crippen LogP) is 4.27. The Labute approximate surface area is 131 Å². The number of carbonyl (C=O) groups is 2. The molecule has 0 heterocycles. The Bertz CT molecular complexity index is 493. The summed E-state index contributed by atoms with van der Waals surface area (Å²) < 4.78 is 0. The van der Waals surface area contributed by atoms with E-state index in [1.807, 2.05) is 36.4 Å². The molecule has 0 aliphatic heterocycles. The molecule has 1 aromatic rings. The third-order valence-corrected chi connectivity index (χ3v) is 2.17. The topological polar surface area (TPSA) is 74.6 Å². The van der Waals surface area contributed by atoms with Gasteiger partial charge < -0.3 is 10.2 Å². The molecule has 1 rings (SSSR count). The number of aliphatic carboxylic acids is 2. The molecule has 2 N–H and O–H groups in total. The van der Waals surface area contributed by atoms with Crippen molar-refractivity contribution in [2.75, 3.05) is 0 Å². The summed E-state index contributed by atoms with van der Waals surface area (Å²) in [5.41, 5.74) is 2.63. The minimum absolute atomic E-state index is 0.176. The summed E-state index contributed by atoms with van der Waals surface area (Å²) in [7, 11) is 0. The van der Waals surface area contributed by atoms with E-state index in [1.54, 1.807) is 0 Å². The van der Waals surface area contributed by atoms with Crippen molar-refractivity contribution in [1.82, 2.24) is 0 Å². The minimum atomic E-state index is -0.935. The Morgan fingerprint density at radius 1 is 0.864 bits per heavy atom. The van der Waals surface area contributed by atoms with Crippen LogP contribution in [0, 0.1) is 0 Å². The summed E-state index contributed by atoms with van der Waals surface area (Å²) in [5, 5.41) is 15.8. The van der Waals surface area contributed by atoms with Crippen molar-refractivity contribution in [3.05, 3.63) is 72.9 Å². The van der Waals surface area contributed by atoms with Crippen molar-refractivity contribution in [2.24, 2.45) is 0 Å². The summed E-state index contributed by atoms with van der Waals surface area (Å²) >= 11 is 0. The van der Waals surface area contributed by atoms with Crippen molar-refractivity contribution < 1.29 is 19.8 Å². The zero-order valence-electron chi connectivity index (χ0n) is 13.0. The highest BCUT2D eigenvalue weighted by molar-refractivity contribution is 5.85. The van der Waals surface area contributed by atoms with Crippen LogP contribution in [0.5, 0.6) is 0 Å². The fourth-order valence-electron chi connectivity index (χ4n) is 0.883. The zero-order chi connectivity index (χ0) is 17.7. The Hall–Kier alpha value is -2.88. The highest BCUT2D eigenvalue weighted by Gasteiger charge is 1.91. The van der Waals surface area contributed by atoms with E-state index in [4.69, 9.17) is 10.2 Å². The normalized spacial score (nSPS) is 8.09. The van der Waals surface area contributed by atoms with Crippen LogP contribution < -0.4 is 0 Å². The van der Waals surface area contributed by atoms with Crippen LogP contribution in [0.15, 0.2) is 61.7 Å². The Balaban J connectivity index is 0. The second-order valence-electron chi connectivity index (χ2n) is 4.21. The highest BCUT2D eigenvalue weighted by Crippen LogP contribution is 2.10. The summed E-state index contributed by atoms with van der Waals surface area (Å²) in [6.07, 6.45) is 3.66. The van der Waals surface area contributed by atoms with Gasteiger partial charge in [-0.15, -0.1) is 0 Å².